The second-order valence-corrected chi connectivity index (χ2v) is 5.77. The van der Waals surface area contributed by atoms with Crippen molar-refractivity contribution in [3.8, 4) is 16.9 Å². The largest absolute Gasteiger partial charge is 0.490 e. The van der Waals surface area contributed by atoms with Crippen molar-refractivity contribution in [3.63, 3.8) is 0 Å². The maximum Gasteiger partial charge on any atom is 0.333 e. The smallest absolute Gasteiger partial charge is 0.333 e. The molecular weight excluding hydrogens is 344 g/mol. The lowest BCUT2D eigenvalue weighted by Gasteiger charge is -2.08. The second-order valence-electron chi connectivity index (χ2n) is 5.77. The molecule has 0 aliphatic carbocycles. The molecule has 5 nitrogen and oxygen atoms in total. The molecule has 0 bridgehead atoms. The number of carbonyl (C=O) groups excluding carboxylic acids is 2. The Bertz CT molecular complexity index is 817. The minimum atomic E-state index is -0.418. The summed E-state index contributed by atoms with van der Waals surface area (Å²) in [5, 5.41) is 0. The van der Waals surface area contributed by atoms with E-state index < -0.39 is 5.97 Å². The highest BCUT2D eigenvalue weighted by atomic mass is 16.6. The zero-order chi connectivity index (χ0) is 19.6. The summed E-state index contributed by atoms with van der Waals surface area (Å²) in [5.41, 5.74) is 3.37. The highest BCUT2D eigenvalue weighted by Crippen LogP contribution is 2.23. The van der Waals surface area contributed by atoms with Crippen molar-refractivity contribution >= 4 is 18.0 Å². The highest BCUT2D eigenvalue weighted by molar-refractivity contribution is 5.87. The van der Waals surface area contributed by atoms with Gasteiger partial charge in [0, 0.05) is 11.6 Å². The molecule has 0 aromatic heterocycles. The van der Waals surface area contributed by atoms with Gasteiger partial charge in [-0.25, -0.2) is 9.59 Å². The van der Waals surface area contributed by atoms with Crippen LogP contribution in [-0.2, 0) is 19.1 Å². The number of ether oxygens (including phenoxy) is 3. The molecule has 0 fully saturated rings. The van der Waals surface area contributed by atoms with Gasteiger partial charge in [0.05, 0.1) is 7.11 Å². The highest BCUT2D eigenvalue weighted by Gasteiger charge is 2.03. The van der Waals surface area contributed by atoms with E-state index in [2.05, 4.69) is 11.3 Å². The molecule has 2 rings (SSSR count). The van der Waals surface area contributed by atoms with Crippen LogP contribution in [0.25, 0.3) is 17.2 Å². The molecule has 0 saturated heterocycles. The molecule has 2 aromatic carbocycles. The summed E-state index contributed by atoms with van der Waals surface area (Å²) in [4.78, 5) is 22.4. The fourth-order valence-electron chi connectivity index (χ4n) is 2.18. The van der Waals surface area contributed by atoms with Crippen molar-refractivity contribution in [2.75, 3.05) is 20.3 Å². The fraction of sp³-hybridized carbons (Fsp3) is 0.182. The van der Waals surface area contributed by atoms with Crippen LogP contribution in [0.4, 0.5) is 0 Å². The van der Waals surface area contributed by atoms with Gasteiger partial charge < -0.3 is 14.2 Å². The van der Waals surface area contributed by atoms with E-state index >= 15 is 0 Å². The van der Waals surface area contributed by atoms with Gasteiger partial charge in [0.1, 0.15) is 19.0 Å². The van der Waals surface area contributed by atoms with Crippen LogP contribution in [0.3, 0.4) is 0 Å². The summed E-state index contributed by atoms with van der Waals surface area (Å²) in [5.74, 6) is -0.106. The lowest BCUT2D eigenvalue weighted by molar-refractivity contribution is -0.139. The number of hydrogen-bond donors (Lipinski definition) is 0. The van der Waals surface area contributed by atoms with Gasteiger partial charge in [0.15, 0.2) is 0 Å². The Morgan fingerprint density at radius 3 is 2.11 bits per heavy atom. The van der Waals surface area contributed by atoms with E-state index in [1.165, 1.54) is 13.2 Å². The number of rotatable bonds is 8. The Morgan fingerprint density at radius 2 is 1.56 bits per heavy atom. The van der Waals surface area contributed by atoms with Crippen molar-refractivity contribution in [1.82, 2.24) is 0 Å². The SMILES string of the molecule is C=C(C)C(=O)OCCOc1ccc(-c2ccc(C=CC(=O)OC)cc2)cc1. The molecule has 0 N–H and O–H groups in total. The summed E-state index contributed by atoms with van der Waals surface area (Å²) in [6.07, 6.45) is 3.09. The van der Waals surface area contributed by atoms with Gasteiger partial charge in [-0.05, 0) is 41.8 Å². The van der Waals surface area contributed by atoms with Crippen LogP contribution in [0.2, 0.25) is 0 Å². The first-order valence-corrected chi connectivity index (χ1v) is 8.41. The predicted molar refractivity (Wildman–Crippen MR) is 104 cm³/mol. The third kappa shape index (κ3) is 6.47. The molecule has 0 aliphatic heterocycles. The standard InChI is InChI=1S/C22H22O5/c1-16(2)22(24)27-15-14-26-20-11-9-19(10-12-20)18-7-4-17(5-8-18)6-13-21(23)25-3/h4-13H,1,14-15H2,2-3H3. The minimum absolute atomic E-state index is 0.175. The van der Waals surface area contributed by atoms with Crippen LogP contribution in [-0.4, -0.2) is 32.3 Å². The van der Waals surface area contributed by atoms with Crippen molar-refractivity contribution < 1.29 is 23.8 Å². The van der Waals surface area contributed by atoms with Gasteiger partial charge in [0.2, 0.25) is 0 Å². The Labute approximate surface area is 158 Å². The average molecular weight is 366 g/mol. The van der Waals surface area contributed by atoms with Crippen molar-refractivity contribution in [3.05, 3.63) is 72.3 Å². The van der Waals surface area contributed by atoms with Crippen LogP contribution < -0.4 is 4.74 Å². The zero-order valence-corrected chi connectivity index (χ0v) is 15.4. The molecule has 0 unspecified atom stereocenters. The number of carbonyl (C=O) groups is 2. The van der Waals surface area contributed by atoms with E-state index in [4.69, 9.17) is 9.47 Å². The molecule has 0 amide bonds. The Morgan fingerprint density at radius 1 is 0.963 bits per heavy atom. The van der Waals surface area contributed by atoms with Gasteiger partial charge in [-0.2, -0.15) is 0 Å². The van der Waals surface area contributed by atoms with Crippen LogP contribution in [0.1, 0.15) is 12.5 Å². The van der Waals surface area contributed by atoms with Crippen molar-refractivity contribution in [1.29, 1.82) is 0 Å². The van der Waals surface area contributed by atoms with Crippen LogP contribution in [0, 0.1) is 0 Å². The lowest BCUT2D eigenvalue weighted by Crippen LogP contribution is -2.12. The van der Waals surface area contributed by atoms with Gasteiger partial charge in [-0.15, -0.1) is 0 Å². The summed E-state index contributed by atoms with van der Waals surface area (Å²) < 4.78 is 15.1. The first-order chi connectivity index (χ1) is 13.0. The topological polar surface area (TPSA) is 61.8 Å². The molecule has 27 heavy (non-hydrogen) atoms. The van der Waals surface area contributed by atoms with Gasteiger partial charge in [-0.3, -0.25) is 0 Å². The Balaban J connectivity index is 1.89. The summed E-state index contributed by atoms with van der Waals surface area (Å²) in [6.45, 7) is 5.57. The number of benzene rings is 2. The summed E-state index contributed by atoms with van der Waals surface area (Å²) >= 11 is 0. The van der Waals surface area contributed by atoms with E-state index in [0.717, 1.165) is 16.7 Å². The molecule has 0 radical (unpaired) electrons. The third-order valence-electron chi connectivity index (χ3n) is 3.65. The van der Waals surface area contributed by atoms with Crippen LogP contribution in [0.5, 0.6) is 5.75 Å². The molecule has 2 aromatic rings. The average Bonchev–Trinajstić information content (AvgIpc) is 2.70. The third-order valence-corrected chi connectivity index (χ3v) is 3.65. The van der Waals surface area contributed by atoms with Crippen LogP contribution >= 0.6 is 0 Å². The lowest BCUT2D eigenvalue weighted by atomic mass is 10.0. The molecular formula is C22H22O5. The monoisotopic (exact) mass is 366 g/mol. The second kappa shape index (κ2) is 9.97. The van der Waals surface area contributed by atoms with Gasteiger partial charge in [0.25, 0.3) is 0 Å². The molecule has 0 spiro atoms. The van der Waals surface area contributed by atoms with E-state index in [-0.39, 0.29) is 19.2 Å². The van der Waals surface area contributed by atoms with Gasteiger partial charge in [-0.1, -0.05) is 43.0 Å². The maximum absolute atomic E-state index is 11.3. The number of esters is 2. The molecule has 0 atom stereocenters. The van der Waals surface area contributed by atoms with E-state index in [1.54, 1.807) is 13.0 Å². The maximum atomic E-state index is 11.3. The first-order valence-electron chi connectivity index (χ1n) is 8.41. The summed E-state index contributed by atoms with van der Waals surface area (Å²) in [6, 6.07) is 15.4. The molecule has 0 heterocycles. The molecule has 0 saturated carbocycles. The van der Waals surface area contributed by atoms with Crippen molar-refractivity contribution in [2.24, 2.45) is 0 Å². The van der Waals surface area contributed by atoms with E-state index in [1.807, 2.05) is 48.5 Å². The predicted octanol–water partition coefficient (Wildman–Crippen LogP) is 4.04. The van der Waals surface area contributed by atoms with Crippen molar-refractivity contribution in [2.45, 2.75) is 6.92 Å². The van der Waals surface area contributed by atoms with E-state index in [9.17, 15) is 9.59 Å². The zero-order valence-electron chi connectivity index (χ0n) is 15.4. The molecule has 5 heteroatoms. The first kappa shape index (κ1) is 20.0. The Hall–Kier alpha value is -3.34. The number of hydrogen-bond acceptors (Lipinski definition) is 5. The fourth-order valence-corrected chi connectivity index (χ4v) is 2.18. The summed E-state index contributed by atoms with van der Waals surface area (Å²) in [7, 11) is 1.35. The van der Waals surface area contributed by atoms with Gasteiger partial charge >= 0.3 is 11.9 Å². The molecule has 0 aliphatic rings. The Kier molecular flexibility index (Phi) is 7.37. The minimum Gasteiger partial charge on any atom is -0.490 e. The normalized spacial score (nSPS) is 10.4. The molecule has 140 valence electrons. The quantitative estimate of drug-likeness (QED) is 0.401. The van der Waals surface area contributed by atoms with Crippen LogP contribution in [0.15, 0.2) is 66.8 Å². The number of methoxy groups -OCH3 is 1. The van der Waals surface area contributed by atoms with E-state index in [0.29, 0.717) is 11.3 Å².